The fourth-order valence-electron chi connectivity index (χ4n) is 0.541. The Morgan fingerprint density at radius 3 is 2.45 bits per heavy atom. The zero-order valence-electron chi connectivity index (χ0n) is 6.85. The Hall–Kier alpha value is -1.27. The standard InChI is InChI=1S/C9H12O2/c1-4-8(9(10)11)6-5-7(2)3/h5H,1,6H2,2-3H3,(H,10,11). The monoisotopic (exact) mass is 152 g/mol. The lowest BCUT2D eigenvalue weighted by atomic mass is 10.1. The van der Waals surface area contributed by atoms with Gasteiger partial charge < -0.3 is 5.11 Å². The Morgan fingerprint density at radius 2 is 2.18 bits per heavy atom. The summed E-state index contributed by atoms with van der Waals surface area (Å²) in [6.45, 7) is 7.13. The van der Waals surface area contributed by atoms with Gasteiger partial charge in [0.05, 0.1) is 5.57 Å². The summed E-state index contributed by atoms with van der Waals surface area (Å²) < 4.78 is 0. The molecule has 0 aliphatic carbocycles. The number of aliphatic carboxylic acids is 1. The second kappa shape index (κ2) is 4.53. The summed E-state index contributed by atoms with van der Waals surface area (Å²) in [4.78, 5) is 10.4. The van der Waals surface area contributed by atoms with E-state index < -0.39 is 5.97 Å². The van der Waals surface area contributed by atoms with Crippen LogP contribution >= 0.6 is 0 Å². The third-order valence-electron chi connectivity index (χ3n) is 1.19. The molecule has 0 aromatic carbocycles. The van der Waals surface area contributed by atoms with Crippen LogP contribution < -0.4 is 0 Å². The van der Waals surface area contributed by atoms with Crippen LogP contribution in [0.1, 0.15) is 20.3 Å². The molecular formula is C9H12O2. The van der Waals surface area contributed by atoms with E-state index in [1.165, 1.54) is 0 Å². The van der Waals surface area contributed by atoms with Gasteiger partial charge in [0, 0.05) is 6.42 Å². The van der Waals surface area contributed by atoms with E-state index in [1.807, 2.05) is 19.9 Å². The van der Waals surface area contributed by atoms with Crippen molar-refractivity contribution in [2.75, 3.05) is 0 Å². The lowest BCUT2D eigenvalue weighted by Gasteiger charge is -1.93. The van der Waals surface area contributed by atoms with Crippen LogP contribution in [-0.4, -0.2) is 11.1 Å². The van der Waals surface area contributed by atoms with E-state index in [2.05, 4.69) is 12.3 Å². The van der Waals surface area contributed by atoms with Gasteiger partial charge in [-0.3, -0.25) is 0 Å². The molecular weight excluding hydrogens is 140 g/mol. The van der Waals surface area contributed by atoms with E-state index >= 15 is 0 Å². The highest BCUT2D eigenvalue weighted by Crippen LogP contribution is 2.02. The molecule has 11 heavy (non-hydrogen) atoms. The number of carboxylic acid groups (broad SMARTS) is 1. The summed E-state index contributed by atoms with van der Waals surface area (Å²) in [6.07, 6.45) is 2.24. The van der Waals surface area contributed by atoms with E-state index in [0.717, 1.165) is 5.57 Å². The second-order valence-electron chi connectivity index (χ2n) is 2.45. The number of carboxylic acids is 1. The molecule has 0 saturated carbocycles. The number of hydrogen-bond donors (Lipinski definition) is 1. The molecule has 0 saturated heterocycles. The Labute approximate surface area is 66.5 Å². The summed E-state index contributed by atoms with van der Waals surface area (Å²) in [5.74, 6) is -0.947. The minimum atomic E-state index is -0.947. The average molecular weight is 152 g/mol. The van der Waals surface area contributed by atoms with Crippen LogP contribution in [0.2, 0.25) is 0 Å². The molecule has 2 heteroatoms. The maximum absolute atomic E-state index is 10.4. The van der Waals surface area contributed by atoms with Crippen LogP contribution in [0.15, 0.2) is 29.5 Å². The molecule has 0 aliphatic rings. The number of rotatable bonds is 3. The Kier molecular flexibility index (Phi) is 4.01. The fourth-order valence-corrected chi connectivity index (χ4v) is 0.541. The van der Waals surface area contributed by atoms with Crippen LogP contribution in [0, 0.1) is 0 Å². The molecule has 0 aliphatic heterocycles. The first-order chi connectivity index (χ1) is 5.07. The van der Waals surface area contributed by atoms with Crippen molar-refractivity contribution in [2.24, 2.45) is 0 Å². The van der Waals surface area contributed by atoms with E-state index in [0.29, 0.717) is 6.42 Å². The number of allylic oxidation sites excluding steroid dienone is 2. The van der Waals surface area contributed by atoms with Gasteiger partial charge in [-0.15, -0.1) is 5.73 Å². The largest absolute Gasteiger partial charge is 0.477 e. The minimum absolute atomic E-state index is 0.214. The van der Waals surface area contributed by atoms with Gasteiger partial charge in [-0.25, -0.2) is 4.79 Å². The first-order valence-corrected chi connectivity index (χ1v) is 3.33. The van der Waals surface area contributed by atoms with Crippen LogP contribution in [0.25, 0.3) is 0 Å². The Morgan fingerprint density at radius 1 is 1.64 bits per heavy atom. The topological polar surface area (TPSA) is 37.3 Å². The summed E-state index contributed by atoms with van der Waals surface area (Å²) in [5.41, 5.74) is 3.69. The highest BCUT2D eigenvalue weighted by molar-refractivity contribution is 5.86. The van der Waals surface area contributed by atoms with Gasteiger partial charge in [-0.2, -0.15) is 0 Å². The molecule has 0 aromatic heterocycles. The first kappa shape index (κ1) is 9.73. The lowest BCUT2D eigenvalue weighted by Crippen LogP contribution is -1.97. The normalized spacial score (nSPS) is 8.18. The Balaban J connectivity index is 4.25. The lowest BCUT2D eigenvalue weighted by molar-refractivity contribution is -0.132. The average Bonchev–Trinajstić information content (AvgIpc) is 1.87. The van der Waals surface area contributed by atoms with Gasteiger partial charge in [-0.1, -0.05) is 18.2 Å². The molecule has 60 valence electrons. The summed E-state index contributed by atoms with van der Waals surface area (Å²) in [7, 11) is 0. The Bertz CT molecular complexity index is 226. The van der Waals surface area contributed by atoms with Crippen LogP contribution in [-0.2, 0) is 4.79 Å². The van der Waals surface area contributed by atoms with E-state index in [4.69, 9.17) is 5.11 Å². The van der Waals surface area contributed by atoms with Gasteiger partial charge in [0.25, 0.3) is 0 Å². The van der Waals surface area contributed by atoms with Gasteiger partial charge in [0.15, 0.2) is 0 Å². The van der Waals surface area contributed by atoms with Crippen molar-refractivity contribution in [3.05, 3.63) is 29.5 Å². The van der Waals surface area contributed by atoms with E-state index in [-0.39, 0.29) is 5.57 Å². The fraction of sp³-hybridized carbons (Fsp3) is 0.333. The number of carbonyl (C=O) groups is 1. The maximum atomic E-state index is 10.4. The van der Waals surface area contributed by atoms with Crippen molar-refractivity contribution in [2.45, 2.75) is 20.3 Å². The maximum Gasteiger partial charge on any atom is 0.339 e. The first-order valence-electron chi connectivity index (χ1n) is 3.33. The van der Waals surface area contributed by atoms with Crippen molar-refractivity contribution in [1.82, 2.24) is 0 Å². The molecule has 0 rings (SSSR count). The molecule has 0 fully saturated rings. The molecule has 0 atom stereocenters. The van der Waals surface area contributed by atoms with Gasteiger partial charge in [0.1, 0.15) is 0 Å². The molecule has 0 heterocycles. The molecule has 0 bridgehead atoms. The molecule has 2 nitrogen and oxygen atoms in total. The SMILES string of the molecule is C=C=C(CC=C(C)C)C(=O)O. The van der Waals surface area contributed by atoms with E-state index in [9.17, 15) is 4.79 Å². The molecule has 0 spiro atoms. The second-order valence-corrected chi connectivity index (χ2v) is 2.45. The predicted octanol–water partition coefficient (Wildman–Crippen LogP) is 2.14. The summed E-state index contributed by atoms with van der Waals surface area (Å²) >= 11 is 0. The quantitative estimate of drug-likeness (QED) is 0.382. The highest BCUT2D eigenvalue weighted by atomic mass is 16.4. The zero-order valence-corrected chi connectivity index (χ0v) is 6.85. The summed E-state index contributed by atoms with van der Waals surface area (Å²) in [6, 6.07) is 0. The number of hydrogen-bond acceptors (Lipinski definition) is 1. The molecule has 0 unspecified atom stereocenters. The molecule has 0 amide bonds. The van der Waals surface area contributed by atoms with E-state index in [1.54, 1.807) is 0 Å². The molecule has 0 radical (unpaired) electrons. The van der Waals surface area contributed by atoms with Crippen molar-refractivity contribution in [3.8, 4) is 0 Å². The van der Waals surface area contributed by atoms with Crippen LogP contribution in [0.4, 0.5) is 0 Å². The zero-order chi connectivity index (χ0) is 8.85. The molecule has 0 aromatic rings. The van der Waals surface area contributed by atoms with Crippen LogP contribution in [0.5, 0.6) is 0 Å². The predicted molar refractivity (Wildman–Crippen MR) is 44.3 cm³/mol. The third-order valence-corrected chi connectivity index (χ3v) is 1.19. The smallest absolute Gasteiger partial charge is 0.339 e. The summed E-state index contributed by atoms with van der Waals surface area (Å²) in [5, 5.41) is 8.52. The minimum Gasteiger partial charge on any atom is -0.477 e. The van der Waals surface area contributed by atoms with Gasteiger partial charge in [0.2, 0.25) is 0 Å². The van der Waals surface area contributed by atoms with Crippen LogP contribution in [0.3, 0.4) is 0 Å². The van der Waals surface area contributed by atoms with Gasteiger partial charge >= 0.3 is 5.97 Å². The van der Waals surface area contributed by atoms with Gasteiger partial charge in [-0.05, 0) is 13.8 Å². The van der Waals surface area contributed by atoms with Crippen molar-refractivity contribution in [1.29, 1.82) is 0 Å². The van der Waals surface area contributed by atoms with Crippen molar-refractivity contribution < 1.29 is 9.90 Å². The third kappa shape index (κ3) is 4.18. The molecule has 1 N–H and O–H groups in total. The van der Waals surface area contributed by atoms with Crippen molar-refractivity contribution in [3.63, 3.8) is 0 Å². The highest BCUT2D eigenvalue weighted by Gasteiger charge is 2.02. The van der Waals surface area contributed by atoms with Crippen molar-refractivity contribution >= 4 is 5.97 Å².